The summed E-state index contributed by atoms with van der Waals surface area (Å²) in [7, 11) is 0. The largest absolute Gasteiger partial charge is 0.466 e. The molecule has 0 aliphatic heterocycles. The Bertz CT molecular complexity index is 299. The Morgan fingerprint density at radius 1 is 1.56 bits per heavy atom. The first-order valence-electron chi connectivity index (χ1n) is 6.40. The Labute approximate surface area is 117 Å². The van der Waals surface area contributed by atoms with E-state index >= 15 is 0 Å². The lowest BCUT2D eigenvalue weighted by atomic mass is 9.79. The highest BCUT2D eigenvalue weighted by Crippen LogP contribution is 2.32. The number of nitrogens with one attached hydrogen (secondary N) is 1. The summed E-state index contributed by atoms with van der Waals surface area (Å²) in [5.41, 5.74) is -0.703. The molecule has 1 saturated carbocycles. The van der Waals surface area contributed by atoms with Crippen LogP contribution in [-0.4, -0.2) is 36.4 Å². The van der Waals surface area contributed by atoms with E-state index in [1.54, 1.807) is 0 Å². The zero-order valence-corrected chi connectivity index (χ0v) is 12.5. The molecule has 0 saturated heterocycles. The van der Waals surface area contributed by atoms with Gasteiger partial charge in [-0.2, -0.15) is 0 Å². The Morgan fingerprint density at radius 3 is 2.67 bits per heavy atom. The number of ether oxygens (including phenoxy) is 1. The van der Waals surface area contributed by atoms with E-state index in [-0.39, 0.29) is 11.9 Å². The summed E-state index contributed by atoms with van der Waals surface area (Å²) in [6.07, 6.45) is 2.68. The third-order valence-electron chi connectivity index (χ3n) is 3.31. The van der Waals surface area contributed by atoms with Crippen molar-refractivity contribution in [1.82, 2.24) is 5.32 Å². The maximum atomic E-state index is 11.6. The van der Waals surface area contributed by atoms with Gasteiger partial charge in [0.1, 0.15) is 0 Å². The lowest BCUT2D eigenvalue weighted by molar-refractivity contribution is -0.151. The SMILES string of the molecule is C=C(Br)CNCC1(O)CCC(C(=O)OCC)CC1. The van der Waals surface area contributed by atoms with Crippen LogP contribution in [0.4, 0.5) is 0 Å². The summed E-state index contributed by atoms with van der Waals surface area (Å²) >= 11 is 3.26. The van der Waals surface area contributed by atoms with Crippen LogP contribution in [0, 0.1) is 5.92 Å². The first-order valence-corrected chi connectivity index (χ1v) is 7.19. The number of rotatable bonds is 6. The van der Waals surface area contributed by atoms with Crippen molar-refractivity contribution in [2.24, 2.45) is 5.92 Å². The van der Waals surface area contributed by atoms with E-state index in [9.17, 15) is 9.90 Å². The second-order valence-corrected chi connectivity index (χ2v) is 5.99. The van der Waals surface area contributed by atoms with Gasteiger partial charge < -0.3 is 15.2 Å². The van der Waals surface area contributed by atoms with Crippen LogP contribution in [0.2, 0.25) is 0 Å². The second kappa shape index (κ2) is 7.26. The zero-order chi connectivity index (χ0) is 13.6. The predicted molar refractivity (Wildman–Crippen MR) is 74.5 cm³/mol. The van der Waals surface area contributed by atoms with Crippen molar-refractivity contribution >= 4 is 21.9 Å². The molecule has 0 bridgehead atoms. The molecule has 0 heterocycles. The molecule has 2 N–H and O–H groups in total. The maximum Gasteiger partial charge on any atom is 0.308 e. The molecule has 0 aromatic carbocycles. The molecular weight excluding hydrogens is 298 g/mol. The predicted octanol–water partition coefficient (Wildman–Crippen LogP) is 1.97. The molecule has 5 heteroatoms. The number of aliphatic hydroxyl groups is 1. The Morgan fingerprint density at radius 2 is 2.17 bits per heavy atom. The highest BCUT2D eigenvalue weighted by molar-refractivity contribution is 9.11. The fourth-order valence-corrected chi connectivity index (χ4v) is 2.46. The fraction of sp³-hybridized carbons (Fsp3) is 0.769. The van der Waals surface area contributed by atoms with Crippen LogP contribution in [0.25, 0.3) is 0 Å². The minimum absolute atomic E-state index is 0.0450. The number of esters is 1. The molecule has 0 amide bonds. The average molecular weight is 320 g/mol. The number of carbonyl (C=O) groups is 1. The molecule has 0 aromatic heterocycles. The highest BCUT2D eigenvalue weighted by Gasteiger charge is 2.35. The summed E-state index contributed by atoms with van der Waals surface area (Å²) in [6.45, 7) is 7.14. The molecule has 104 valence electrons. The molecule has 0 spiro atoms. The Kier molecular flexibility index (Phi) is 6.32. The van der Waals surface area contributed by atoms with Crippen molar-refractivity contribution in [1.29, 1.82) is 0 Å². The topological polar surface area (TPSA) is 58.6 Å². The number of halogens is 1. The summed E-state index contributed by atoms with van der Waals surface area (Å²) in [5, 5.41) is 13.5. The maximum absolute atomic E-state index is 11.6. The van der Waals surface area contributed by atoms with Crippen LogP contribution in [-0.2, 0) is 9.53 Å². The zero-order valence-electron chi connectivity index (χ0n) is 10.9. The highest BCUT2D eigenvalue weighted by atomic mass is 79.9. The van der Waals surface area contributed by atoms with Crippen molar-refractivity contribution in [2.45, 2.75) is 38.2 Å². The van der Waals surface area contributed by atoms with Crippen molar-refractivity contribution in [3.63, 3.8) is 0 Å². The van der Waals surface area contributed by atoms with Crippen LogP contribution >= 0.6 is 15.9 Å². The summed E-state index contributed by atoms with van der Waals surface area (Å²) in [5.74, 6) is -0.169. The third kappa shape index (κ3) is 5.08. The normalized spacial score (nSPS) is 27.8. The van der Waals surface area contributed by atoms with Gasteiger partial charge in [-0.25, -0.2) is 0 Å². The van der Waals surface area contributed by atoms with E-state index < -0.39 is 5.60 Å². The van der Waals surface area contributed by atoms with Crippen LogP contribution in [0.3, 0.4) is 0 Å². The average Bonchev–Trinajstić information content (AvgIpc) is 2.29. The molecule has 0 atom stereocenters. The van der Waals surface area contributed by atoms with Crippen LogP contribution in [0.15, 0.2) is 11.1 Å². The monoisotopic (exact) mass is 319 g/mol. The number of hydrogen-bond donors (Lipinski definition) is 2. The summed E-state index contributed by atoms with van der Waals surface area (Å²) < 4.78 is 5.88. The molecule has 1 aliphatic carbocycles. The van der Waals surface area contributed by atoms with Crippen molar-refractivity contribution < 1.29 is 14.6 Å². The summed E-state index contributed by atoms with van der Waals surface area (Å²) in [4.78, 5) is 11.6. The van der Waals surface area contributed by atoms with Gasteiger partial charge >= 0.3 is 5.97 Å². The van der Waals surface area contributed by atoms with Crippen molar-refractivity contribution in [3.05, 3.63) is 11.1 Å². The van der Waals surface area contributed by atoms with E-state index in [0.717, 1.165) is 4.48 Å². The molecule has 0 aromatic rings. The summed E-state index contributed by atoms with van der Waals surface area (Å²) in [6, 6.07) is 0. The molecule has 1 aliphatic rings. The van der Waals surface area contributed by atoms with Crippen molar-refractivity contribution in [3.8, 4) is 0 Å². The van der Waals surface area contributed by atoms with E-state index in [1.165, 1.54) is 0 Å². The van der Waals surface area contributed by atoms with E-state index in [0.29, 0.717) is 45.4 Å². The molecule has 1 fully saturated rings. The number of carbonyl (C=O) groups excluding carboxylic acids is 1. The second-order valence-electron chi connectivity index (χ2n) is 4.87. The van der Waals surface area contributed by atoms with Crippen LogP contribution < -0.4 is 5.32 Å². The lowest BCUT2D eigenvalue weighted by Gasteiger charge is -2.35. The molecular formula is C13H22BrNO3. The first-order chi connectivity index (χ1) is 8.47. The molecule has 4 nitrogen and oxygen atoms in total. The minimum atomic E-state index is -0.703. The van der Waals surface area contributed by atoms with Gasteiger partial charge in [0.2, 0.25) is 0 Å². The van der Waals surface area contributed by atoms with Crippen LogP contribution in [0.1, 0.15) is 32.6 Å². The molecule has 1 rings (SSSR count). The van der Waals surface area contributed by atoms with E-state index in [2.05, 4.69) is 27.8 Å². The lowest BCUT2D eigenvalue weighted by Crippen LogP contribution is -2.44. The van der Waals surface area contributed by atoms with Gasteiger partial charge in [-0.3, -0.25) is 4.79 Å². The van der Waals surface area contributed by atoms with Gasteiger partial charge in [0.05, 0.1) is 18.1 Å². The van der Waals surface area contributed by atoms with Crippen LogP contribution in [0.5, 0.6) is 0 Å². The van der Waals surface area contributed by atoms with Gasteiger partial charge in [-0.1, -0.05) is 22.5 Å². The fourth-order valence-electron chi connectivity index (χ4n) is 2.26. The Hall–Kier alpha value is -0.390. The minimum Gasteiger partial charge on any atom is -0.466 e. The molecule has 0 radical (unpaired) electrons. The van der Waals surface area contributed by atoms with Gasteiger partial charge in [-0.05, 0) is 32.6 Å². The molecule has 18 heavy (non-hydrogen) atoms. The Balaban J connectivity index is 2.32. The van der Waals surface area contributed by atoms with Crippen molar-refractivity contribution in [2.75, 3.05) is 19.7 Å². The van der Waals surface area contributed by atoms with E-state index in [4.69, 9.17) is 4.74 Å². The smallest absolute Gasteiger partial charge is 0.308 e. The first kappa shape index (κ1) is 15.7. The standard InChI is InChI=1S/C13H22BrNO3/c1-3-18-12(16)11-4-6-13(17,7-5-11)9-15-8-10(2)14/h11,15,17H,2-9H2,1H3. The quantitative estimate of drug-likeness (QED) is 0.735. The molecule has 0 unspecified atom stereocenters. The third-order valence-corrected chi connectivity index (χ3v) is 3.59. The van der Waals surface area contributed by atoms with Gasteiger partial charge in [0.15, 0.2) is 0 Å². The number of hydrogen-bond acceptors (Lipinski definition) is 4. The van der Waals surface area contributed by atoms with Gasteiger partial charge in [0, 0.05) is 17.6 Å². The van der Waals surface area contributed by atoms with E-state index in [1.807, 2.05) is 6.92 Å². The van der Waals surface area contributed by atoms with Gasteiger partial charge in [0.25, 0.3) is 0 Å². The van der Waals surface area contributed by atoms with Gasteiger partial charge in [-0.15, -0.1) is 0 Å².